The molecule has 0 atom stereocenters. The summed E-state index contributed by atoms with van der Waals surface area (Å²) < 4.78 is 0. The highest BCUT2D eigenvalue weighted by molar-refractivity contribution is 5.91. The minimum Gasteiger partial charge on any atom is -0.373 e. The third kappa shape index (κ3) is 3.35. The van der Waals surface area contributed by atoms with Crippen LogP contribution in [0.2, 0.25) is 0 Å². The smallest absolute Gasteiger partial charge is 0.179 e. The number of pyridine rings is 1. The van der Waals surface area contributed by atoms with E-state index in [0.717, 1.165) is 18.9 Å². The summed E-state index contributed by atoms with van der Waals surface area (Å²) in [6, 6.07) is 10.2. The fourth-order valence-corrected chi connectivity index (χ4v) is 2.14. The van der Waals surface area contributed by atoms with E-state index in [9.17, 15) is 0 Å². The van der Waals surface area contributed by atoms with E-state index in [1.165, 1.54) is 23.6 Å². The van der Waals surface area contributed by atoms with E-state index in [4.69, 9.17) is 5.26 Å². The number of nitrogens with one attached hydrogen (secondary N) is 1. The first-order chi connectivity index (χ1) is 9.35. The van der Waals surface area contributed by atoms with Crippen molar-refractivity contribution < 1.29 is 0 Å². The Bertz CT molecular complexity index is 562. The molecular formula is C15H18N4. The topological polar surface area (TPSA) is 52.0 Å². The molecular weight excluding hydrogens is 236 g/mol. The number of likely N-dealkylation sites (tertiary alicyclic amines) is 1. The molecule has 4 heteroatoms. The monoisotopic (exact) mass is 254 g/mol. The van der Waals surface area contributed by atoms with Crippen molar-refractivity contribution in [3.8, 4) is 6.19 Å². The van der Waals surface area contributed by atoms with Crippen LogP contribution < -0.4 is 5.32 Å². The number of anilines is 1. The van der Waals surface area contributed by atoms with Gasteiger partial charge in [0, 0.05) is 31.7 Å². The maximum atomic E-state index is 8.24. The van der Waals surface area contributed by atoms with Gasteiger partial charge in [0.1, 0.15) is 5.82 Å². The maximum absolute atomic E-state index is 8.24. The first-order valence-electron chi connectivity index (χ1n) is 6.51. The highest BCUT2D eigenvalue weighted by Gasteiger charge is 2.06. The second-order valence-electron chi connectivity index (χ2n) is 4.42. The molecule has 3 rings (SSSR count). The van der Waals surface area contributed by atoms with Crippen LogP contribution in [0.5, 0.6) is 0 Å². The molecule has 1 saturated heterocycles. The molecule has 0 amide bonds. The number of nitrogens with zero attached hydrogens (tertiary/aromatic N) is 3. The summed E-state index contributed by atoms with van der Waals surface area (Å²) >= 11 is 0. The SMILES string of the molecule is CNc1nccc2ccccc12.N#CN1CCCC1. The van der Waals surface area contributed by atoms with Crippen molar-refractivity contribution in [3.05, 3.63) is 36.5 Å². The summed E-state index contributed by atoms with van der Waals surface area (Å²) in [6.07, 6.45) is 6.31. The second kappa shape index (κ2) is 6.60. The lowest BCUT2D eigenvalue weighted by molar-refractivity contribution is 0.487. The third-order valence-corrected chi connectivity index (χ3v) is 3.16. The molecule has 4 nitrogen and oxygen atoms in total. The first-order valence-corrected chi connectivity index (χ1v) is 6.51. The van der Waals surface area contributed by atoms with Gasteiger partial charge in [-0.05, 0) is 24.3 Å². The largest absolute Gasteiger partial charge is 0.373 e. The number of aromatic nitrogens is 1. The summed E-state index contributed by atoms with van der Waals surface area (Å²) in [5, 5.41) is 13.7. The molecule has 0 unspecified atom stereocenters. The number of hydrogen-bond donors (Lipinski definition) is 1. The molecule has 98 valence electrons. The molecule has 0 saturated carbocycles. The molecule has 1 fully saturated rings. The molecule has 1 aromatic carbocycles. The van der Waals surface area contributed by atoms with Crippen LogP contribution in [0.15, 0.2) is 36.5 Å². The summed E-state index contributed by atoms with van der Waals surface area (Å²) in [5.41, 5.74) is 0. The molecule has 19 heavy (non-hydrogen) atoms. The number of benzene rings is 1. The lowest BCUT2D eigenvalue weighted by Gasteiger charge is -2.02. The van der Waals surface area contributed by atoms with Crippen LogP contribution in [0.1, 0.15) is 12.8 Å². The minimum absolute atomic E-state index is 0.938. The number of hydrogen-bond acceptors (Lipinski definition) is 4. The third-order valence-electron chi connectivity index (χ3n) is 3.16. The van der Waals surface area contributed by atoms with Gasteiger partial charge in [0.25, 0.3) is 0 Å². The van der Waals surface area contributed by atoms with Gasteiger partial charge in [0.15, 0.2) is 6.19 Å². The van der Waals surface area contributed by atoms with Gasteiger partial charge in [-0.25, -0.2) is 4.98 Å². The van der Waals surface area contributed by atoms with E-state index in [-0.39, 0.29) is 0 Å². The lowest BCUT2D eigenvalue weighted by atomic mass is 10.2. The molecule has 0 spiro atoms. The Morgan fingerprint density at radius 3 is 2.58 bits per heavy atom. The van der Waals surface area contributed by atoms with Gasteiger partial charge in [-0.3, -0.25) is 0 Å². The van der Waals surface area contributed by atoms with Crippen LogP contribution >= 0.6 is 0 Å². The Hall–Kier alpha value is -2.28. The van der Waals surface area contributed by atoms with Crippen LogP contribution in [-0.4, -0.2) is 30.0 Å². The Balaban J connectivity index is 0.000000163. The molecule has 1 N–H and O–H groups in total. The lowest BCUT2D eigenvalue weighted by Crippen LogP contribution is -2.10. The van der Waals surface area contributed by atoms with E-state index in [1.54, 1.807) is 4.90 Å². The van der Waals surface area contributed by atoms with Gasteiger partial charge >= 0.3 is 0 Å². The molecule has 0 radical (unpaired) electrons. The molecule has 2 heterocycles. The van der Waals surface area contributed by atoms with Gasteiger partial charge in [0.05, 0.1) is 0 Å². The van der Waals surface area contributed by atoms with E-state index in [2.05, 4.69) is 28.6 Å². The Morgan fingerprint density at radius 1 is 1.21 bits per heavy atom. The van der Waals surface area contributed by atoms with E-state index >= 15 is 0 Å². The van der Waals surface area contributed by atoms with E-state index in [1.807, 2.05) is 31.4 Å². The van der Waals surface area contributed by atoms with Gasteiger partial charge < -0.3 is 10.2 Å². The van der Waals surface area contributed by atoms with Crippen molar-refractivity contribution in [2.24, 2.45) is 0 Å². The molecule has 0 aliphatic carbocycles. The van der Waals surface area contributed by atoms with Crippen molar-refractivity contribution in [1.29, 1.82) is 5.26 Å². The minimum atomic E-state index is 0.938. The van der Waals surface area contributed by atoms with Crippen molar-refractivity contribution in [2.45, 2.75) is 12.8 Å². The zero-order valence-electron chi connectivity index (χ0n) is 11.1. The highest BCUT2D eigenvalue weighted by Crippen LogP contribution is 2.19. The van der Waals surface area contributed by atoms with Crippen LogP contribution in [0.3, 0.4) is 0 Å². The van der Waals surface area contributed by atoms with E-state index in [0.29, 0.717) is 0 Å². The Kier molecular flexibility index (Phi) is 4.57. The highest BCUT2D eigenvalue weighted by atomic mass is 15.1. The maximum Gasteiger partial charge on any atom is 0.179 e. The molecule has 0 bridgehead atoms. The normalized spacial score (nSPS) is 13.6. The molecule has 1 aliphatic heterocycles. The number of rotatable bonds is 1. The predicted molar refractivity (Wildman–Crippen MR) is 77.7 cm³/mol. The zero-order chi connectivity index (χ0) is 13.5. The summed E-state index contributed by atoms with van der Waals surface area (Å²) in [5.74, 6) is 0.938. The summed E-state index contributed by atoms with van der Waals surface area (Å²) in [6.45, 7) is 1.97. The zero-order valence-corrected chi connectivity index (χ0v) is 11.1. The van der Waals surface area contributed by atoms with Gasteiger partial charge in [-0.15, -0.1) is 0 Å². The van der Waals surface area contributed by atoms with Gasteiger partial charge in [-0.2, -0.15) is 5.26 Å². The van der Waals surface area contributed by atoms with Crippen molar-refractivity contribution >= 4 is 16.6 Å². The summed E-state index contributed by atoms with van der Waals surface area (Å²) in [7, 11) is 1.88. The van der Waals surface area contributed by atoms with Crippen LogP contribution in [-0.2, 0) is 0 Å². The van der Waals surface area contributed by atoms with Crippen LogP contribution in [0.4, 0.5) is 5.82 Å². The average Bonchev–Trinajstić information content (AvgIpc) is 3.01. The predicted octanol–water partition coefficient (Wildman–Crippen LogP) is 2.84. The standard InChI is InChI=1S/C10H10N2.C5H8N2/c1-11-10-9-5-3-2-4-8(9)6-7-12-10;6-5-7-3-1-2-4-7/h2-7H,1H3,(H,11,12);1-4H2. The molecule has 1 aliphatic rings. The van der Waals surface area contributed by atoms with Crippen LogP contribution in [0.25, 0.3) is 10.8 Å². The fourth-order valence-electron chi connectivity index (χ4n) is 2.14. The quantitative estimate of drug-likeness (QED) is 0.795. The Labute approximate surface area is 113 Å². The molecule has 2 aromatic rings. The second-order valence-corrected chi connectivity index (χ2v) is 4.42. The summed E-state index contributed by atoms with van der Waals surface area (Å²) in [4.78, 5) is 6.01. The Morgan fingerprint density at radius 2 is 1.95 bits per heavy atom. The van der Waals surface area contributed by atoms with Crippen molar-refractivity contribution in [2.75, 3.05) is 25.5 Å². The number of fused-ring (bicyclic) bond motifs is 1. The van der Waals surface area contributed by atoms with E-state index < -0.39 is 0 Å². The van der Waals surface area contributed by atoms with Crippen LogP contribution in [0, 0.1) is 11.5 Å². The average molecular weight is 254 g/mol. The first kappa shape index (κ1) is 13.2. The van der Waals surface area contributed by atoms with Crippen molar-refractivity contribution in [3.63, 3.8) is 0 Å². The van der Waals surface area contributed by atoms with Gasteiger partial charge in [-0.1, -0.05) is 24.3 Å². The fraction of sp³-hybridized carbons (Fsp3) is 0.333. The molecule has 1 aromatic heterocycles. The number of nitriles is 1. The van der Waals surface area contributed by atoms with Crippen molar-refractivity contribution in [1.82, 2.24) is 9.88 Å². The van der Waals surface area contributed by atoms with Gasteiger partial charge in [0.2, 0.25) is 0 Å².